The highest BCUT2D eigenvalue weighted by Gasteiger charge is 2.14. The lowest BCUT2D eigenvalue weighted by Gasteiger charge is -2.23. The number of anilines is 1. The molecular formula is C16H22N2O3. The first-order chi connectivity index (χ1) is 10.2. The molecule has 1 aromatic carbocycles. The lowest BCUT2D eigenvalue weighted by atomic mass is 10.0. The van der Waals surface area contributed by atoms with Crippen LogP contribution in [0.25, 0.3) is 0 Å². The summed E-state index contributed by atoms with van der Waals surface area (Å²) < 4.78 is 4.63. The summed E-state index contributed by atoms with van der Waals surface area (Å²) in [7, 11) is 1.34. The number of methoxy groups -OCH3 is 1. The Hall–Kier alpha value is -1.88. The quantitative estimate of drug-likeness (QED) is 0.817. The summed E-state index contributed by atoms with van der Waals surface area (Å²) in [6, 6.07) is 7.17. The Morgan fingerprint density at radius 3 is 2.67 bits per heavy atom. The van der Waals surface area contributed by atoms with Crippen LogP contribution >= 0.6 is 0 Å². The largest absolute Gasteiger partial charge is 0.465 e. The van der Waals surface area contributed by atoms with Gasteiger partial charge in [-0.25, -0.2) is 4.79 Å². The van der Waals surface area contributed by atoms with Crippen LogP contribution in [0.4, 0.5) is 5.69 Å². The molecule has 5 nitrogen and oxygen atoms in total. The van der Waals surface area contributed by atoms with Crippen molar-refractivity contribution in [3.05, 3.63) is 29.8 Å². The Balaban J connectivity index is 1.77. The van der Waals surface area contributed by atoms with Gasteiger partial charge in [0.1, 0.15) is 0 Å². The third kappa shape index (κ3) is 4.86. The molecule has 114 valence electrons. The Bertz CT molecular complexity index is 479. The Kier molecular flexibility index (Phi) is 5.75. The molecule has 5 heteroatoms. The van der Waals surface area contributed by atoms with Crippen molar-refractivity contribution in [1.29, 1.82) is 0 Å². The van der Waals surface area contributed by atoms with Gasteiger partial charge in [0.05, 0.1) is 12.7 Å². The van der Waals surface area contributed by atoms with Gasteiger partial charge < -0.3 is 15.4 Å². The predicted octanol–water partition coefficient (Wildman–Crippen LogP) is 2.33. The number of hydrogen-bond donors (Lipinski definition) is 2. The van der Waals surface area contributed by atoms with Gasteiger partial charge in [-0.3, -0.25) is 4.79 Å². The van der Waals surface area contributed by atoms with E-state index in [1.54, 1.807) is 24.3 Å². The van der Waals surface area contributed by atoms with E-state index in [0.717, 1.165) is 19.4 Å². The van der Waals surface area contributed by atoms with Gasteiger partial charge in [0.15, 0.2) is 0 Å². The zero-order valence-corrected chi connectivity index (χ0v) is 12.4. The van der Waals surface area contributed by atoms with Gasteiger partial charge in [0.25, 0.3) is 0 Å². The van der Waals surface area contributed by atoms with Crippen LogP contribution in [0.3, 0.4) is 0 Å². The minimum atomic E-state index is -0.378. The van der Waals surface area contributed by atoms with Crippen molar-refractivity contribution >= 4 is 17.6 Å². The van der Waals surface area contributed by atoms with Crippen molar-refractivity contribution in [2.75, 3.05) is 19.0 Å². The third-order valence-electron chi connectivity index (χ3n) is 3.72. The SMILES string of the molecule is COC(=O)c1ccc(NC(=O)CCC2CCCCN2)cc1. The van der Waals surface area contributed by atoms with Gasteiger partial charge in [-0.15, -0.1) is 0 Å². The highest BCUT2D eigenvalue weighted by atomic mass is 16.5. The van der Waals surface area contributed by atoms with Gasteiger partial charge in [-0.1, -0.05) is 6.42 Å². The van der Waals surface area contributed by atoms with Gasteiger partial charge in [0.2, 0.25) is 5.91 Å². The molecule has 1 unspecified atom stereocenters. The van der Waals surface area contributed by atoms with Crippen LogP contribution in [0.5, 0.6) is 0 Å². The standard InChI is InChI=1S/C16H22N2O3/c1-21-16(20)12-5-7-14(8-6-12)18-15(19)10-9-13-4-2-3-11-17-13/h5-8,13,17H,2-4,9-11H2,1H3,(H,18,19). The van der Waals surface area contributed by atoms with Crippen LogP contribution in [0.15, 0.2) is 24.3 Å². The fourth-order valence-corrected chi connectivity index (χ4v) is 2.51. The van der Waals surface area contributed by atoms with Crippen LogP contribution < -0.4 is 10.6 Å². The number of esters is 1. The van der Waals surface area contributed by atoms with E-state index in [1.165, 1.54) is 20.0 Å². The number of amides is 1. The van der Waals surface area contributed by atoms with Crippen molar-refractivity contribution in [2.45, 2.75) is 38.1 Å². The molecule has 0 aliphatic carbocycles. The molecule has 1 aliphatic heterocycles. The maximum absolute atomic E-state index is 11.9. The summed E-state index contributed by atoms with van der Waals surface area (Å²) in [6.07, 6.45) is 5.01. The zero-order valence-electron chi connectivity index (χ0n) is 12.4. The third-order valence-corrected chi connectivity index (χ3v) is 3.72. The summed E-state index contributed by atoms with van der Waals surface area (Å²) >= 11 is 0. The summed E-state index contributed by atoms with van der Waals surface area (Å²) in [5, 5.41) is 6.28. The van der Waals surface area contributed by atoms with E-state index in [9.17, 15) is 9.59 Å². The molecule has 1 saturated heterocycles. The average Bonchev–Trinajstić information content (AvgIpc) is 2.54. The molecule has 0 spiro atoms. The minimum Gasteiger partial charge on any atom is -0.465 e. The van der Waals surface area contributed by atoms with Crippen molar-refractivity contribution in [3.8, 4) is 0 Å². The van der Waals surface area contributed by atoms with Gasteiger partial charge in [0, 0.05) is 18.2 Å². The first kappa shape index (κ1) is 15.5. The predicted molar refractivity (Wildman–Crippen MR) is 81.3 cm³/mol. The number of benzene rings is 1. The number of ether oxygens (including phenoxy) is 1. The lowest BCUT2D eigenvalue weighted by molar-refractivity contribution is -0.116. The molecule has 21 heavy (non-hydrogen) atoms. The van der Waals surface area contributed by atoms with Crippen LogP contribution in [-0.4, -0.2) is 31.6 Å². The van der Waals surface area contributed by atoms with Crippen LogP contribution in [0.1, 0.15) is 42.5 Å². The van der Waals surface area contributed by atoms with Crippen molar-refractivity contribution in [1.82, 2.24) is 5.32 Å². The highest BCUT2D eigenvalue weighted by Crippen LogP contribution is 2.14. The molecule has 1 fully saturated rings. The summed E-state index contributed by atoms with van der Waals surface area (Å²) in [4.78, 5) is 23.2. The molecule has 0 radical (unpaired) electrons. The van der Waals surface area contributed by atoms with Gasteiger partial charge in [-0.05, 0) is 50.1 Å². The van der Waals surface area contributed by atoms with E-state index in [2.05, 4.69) is 15.4 Å². The fourth-order valence-electron chi connectivity index (χ4n) is 2.51. The molecule has 0 aromatic heterocycles. The lowest BCUT2D eigenvalue weighted by Crippen LogP contribution is -2.34. The molecule has 1 aliphatic rings. The number of carbonyl (C=O) groups is 2. The maximum Gasteiger partial charge on any atom is 0.337 e. The van der Waals surface area contributed by atoms with E-state index in [0.29, 0.717) is 23.7 Å². The molecule has 0 saturated carbocycles. The second kappa shape index (κ2) is 7.78. The number of carbonyl (C=O) groups excluding carboxylic acids is 2. The Morgan fingerprint density at radius 2 is 2.05 bits per heavy atom. The number of hydrogen-bond acceptors (Lipinski definition) is 4. The van der Waals surface area contributed by atoms with Gasteiger partial charge in [-0.2, -0.15) is 0 Å². The number of piperidine rings is 1. The van der Waals surface area contributed by atoms with Crippen LogP contribution in [-0.2, 0) is 9.53 Å². The number of rotatable bonds is 5. The molecule has 2 N–H and O–H groups in total. The second-order valence-corrected chi connectivity index (χ2v) is 5.30. The van der Waals surface area contributed by atoms with Gasteiger partial charge >= 0.3 is 5.97 Å². The van der Waals surface area contributed by atoms with E-state index < -0.39 is 0 Å². The Labute approximate surface area is 125 Å². The first-order valence-corrected chi connectivity index (χ1v) is 7.40. The van der Waals surface area contributed by atoms with Crippen LogP contribution in [0.2, 0.25) is 0 Å². The van der Waals surface area contributed by atoms with E-state index in [-0.39, 0.29) is 11.9 Å². The normalized spacial score (nSPS) is 18.0. The fraction of sp³-hybridized carbons (Fsp3) is 0.500. The number of nitrogens with one attached hydrogen (secondary N) is 2. The molecule has 1 aromatic rings. The minimum absolute atomic E-state index is 0.00758. The van der Waals surface area contributed by atoms with Crippen molar-refractivity contribution in [3.63, 3.8) is 0 Å². The maximum atomic E-state index is 11.9. The molecule has 1 heterocycles. The molecule has 0 bridgehead atoms. The molecule has 1 amide bonds. The molecule has 2 rings (SSSR count). The topological polar surface area (TPSA) is 67.4 Å². The van der Waals surface area contributed by atoms with E-state index in [4.69, 9.17) is 0 Å². The molecular weight excluding hydrogens is 268 g/mol. The average molecular weight is 290 g/mol. The van der Waals surface area contributed by atoms with Crippen molar-refractivity contribution in [2.24, 2.45) is 0 Å². The second-order valence-electron chi connectivity index (χ2n) is 5.30. The van der Waals surface area contributed by atoms with Crippen molar-refractivity contribution < 1.29 is 14.3 Å². The Morgan fingerprint density at radius 1 is 1.29 bits per heavy atom. The first-order valence-electron chi connectivity index (χ1n) is 7.40. The van der Waals surface area contributed by atoms with E-state index >= 15 is 0 Å². The summed E-state index contributed by atoms with van der Waals surface area (Å²) in [5.74, 6) is -0.371. The summed E-state index contributed by atoms with van der Waals surface area (Å²) in [5.41, 5.74) is 1.17. The van der Waals surface area contributed by atoms with Crippen LogP contribution in [0, 0.1) is 0 Å². The molecule has 1 atom stereocenters. The van der Waals surface area contributed by atoms with E-state index in [1.807, 2.05) is 0 Å². The highest BCUT2D eigenvalue weighted by molar-refractivity contribution is 5.93. The smallest absolute Gasteiger partial charge is 0.337 e. The monoisotopic (exact) mass is 290 g/mol. The zero-order chi connectivity index (χ0) is 15.1. The summed E-state index contributed by atoms with van der Waals surface area (Å²) in [6.45, 7) is 1.06.